The molecule has 0 aliphatic heterocycles. The quantitative estimate of drug-likeness (QED) is 0.872. The molecule has 2 rings (SSSR count). The van der Waals surface area contributed by atoms with E-state index in [1.165, 1.54) is 5.56 Å². The number of nitrogens with zero attached hydrogens (tertiary/aromatic N) is 3. The first-order chi connectivity index (χ1) is 9.06. The van der Waals surface area contributed by atoms with Crippen LogP contribution in [0.2, 0.25) is 0 Å². The first-order valence-electron chi connectivity index (χ1n) is 6.12. The number of anilines is 1. The Kier molecular flexibility index (Phi) is 4.16. The van der Waals surface area contributed by atoms with Gasteiger partial charge in [0.05, 0.1) is 12.2 Å². The van der Waals surface area contributed by atoms with E-state index in [1.54, 1.807) is 6.20 Å². The monoisotopic (exact) mass is 274 g/mol. The van der Waals surface area contributed by atoms with E-state index in [2.05, 4.69) is 29.5 Å². The molecule has 2 aromatic rings. The zero-order chi connectivity index (χ0) is 13.8. The minimum atomic E-state index is 0.699. The molecule has 1 heterocycles. The number of rotatable bonds is 3. The van der Waals surface area contributed by atoms with Crippen LogP contribution in [0.15, 0.2) is 36.5 Å². The Balaban J connectivity index is 1.96. The summed E-state index contributed by atoms with van der Waals surface area (Å²) >= 11 is 5.39. The molecule has 1 N–H and O–H groups in total. The normalized spacial score (nSPS) is 10.3. The van der Waals surface area contributed by atoms with E-state index in [4.69, 9.17) is 12.2 Å². The molecule has 19 heavy (non-hydrogen) atoms. The van der Waals surface area contributed by atoms with Crippen molar-refractivity contribution in [3.05, 3.63) is 47.8 Å². The highest BCUT2D eigenvalue weighted by molar-refractivity contribution is 7.80. The van der Waals surface area contributed by atoms with Crippen molar-refractivity contribution in [2.75, 3.05) is 12.4 Å². The third-order valence-corrected chi connectivity index (χ3v) is 3.38. The molecular weight excluding hydrogens is 256 g/mol. The molecule has 0 spiro atoms. The Morgan fingerprint density at radius 2 is 2.00 bits per heavy atom. The Hall–Kier alpha value is -1.88. The van der Waals surface area contributed by atoms with Gasteiger partial charge in [0.2, 0.25) is 0 Å². The Morgan fingerprint density at radius 3 is 2.58 bits per heavy atom. The van der Waals surface area contributed by atoms with Gasteiger partial charge in [-0.05, 0) is 37.3 Å². The number of aromatic nitrogens is 2. The van der Waals surface area contributed by atoms with Crippen molar-refractivity contribution < 1.29 is 0 Å². The van der Waals surface area contributed by atoms with Crippen LogP contribution < -0.4 is 5.32 Å². The number of hydrogen-bond donors (Lipinski definition) is 1. The van der Waals surface area contributed by atoms with Gasteiger partial charge in [-0.25, -0.2) is 0 Å². The van der Waals surface area contributed by atoms with Crippen molar-refractivity contribution in [2.45, 2.75) is 13.5 Å². The molecule has 4 nitrogen and oxygen atoms in total. The molecule has 0 radical (unpaired) electrons. The predicted octanol–water partition coefficient (Wildman–Crippen LogP) is 2.56. The zero-order valence-corrected chi connectivity index (χ0v) is 12.2. The Bertz CT molecular complexity index is 559. The van der Waals surface area contributed by atoms with Crippen molar-refractivity contribution in [1.29, 1.82) is 0 Å². The van der Waals surface area contributed by atoms with Crippen LogP contribution in [0.3, 0.4) is 0 Å². The maximum absolute atomic E-state index is 5.39. The second-order valence-corrected chi connectivity index (χ2v) is 4.99. The van der Waals surface area contributed by atoms with E-state index in [9.17, 15) is 0 Å². The van der Waals surface area contributed by atoms with Crippen LogP contribution in [-0.4, -0.2) is 26.8 Å². The fourth-order valence-electron chi connectivity index (χ4n) is 1.73. The molecular formula is C14H18N4S. The van der Waals surface area contributed by atoms with Gasteiger partial charge in [-0.15, -0.1) is 0 Å². The summed E-state index contributed by atoms with van der Waals surface area (Å²) in [5.41, 5.74) is 3.36. The summed E-state index contributed by atoms with van der Waals surface area (Å²) in [4.78, 5) is 1.99. The van der Waals surface area contributed by atoms with Gasteiger partial charge >= 0.3 is 0 Å². The van der Waals surface area contributed by atoms with Gasteiger partial charge in [0, 0.05) is 26.0 Å². The lowest BCUT2D eigenvalue weighted by molar-refractivity contribution is 0.482. The molecule has 1 aromatic carbocycles. The third kappa shape index (κ3) is 3.54. The molecule has 100 valence electrons. The summed E-state index contributed by atoms with van der Waals surface area (Å²) in [6.07, 6.45) is 1.79. The van der Waals surface area contributed by atoms with Crippen molar-refractivity contribution in [2.24, 2.45) is 7.05 Å². The zero-order valence-electron chi connectivity index (χ0n) is 11.4. The molecule has 0 aliphatic rings. The predicted molar refractivity (Wildman–Crippen MR) is 82.1 cm³/mol. The average molecular weight is 274 g/mol. The molecule has 0 unspecified atom stereocenters. The van der Waals surface area contributed by atoms with E-state index in [1.807, 2.05) is 41.9 Å². The maximum Gasteiger partial charge on any atom is 0.173 e. The molecule has 5 heteroatoms. The van der Waals surface area contributed by atoms with Gasteiger partial charge < -0.3 is 10.2 Å². The van der Waals surface area contributed by atoms with E-state index >= 15 is 0 Å². The van der Waals surface area contributed by atoms with Crippen molar-refractivity contribution in [3.8, 4) is 0 Å². The standard InChI is InChI=1S/C14H18N4S/c1-11-4-6-12(7-5-11)16-14(19)17(2)10-13-8-9-15-18(13)3/h4-9H,10H2,1-3H3,(H,16,19). The van der Waals surface area contributed by atoms with Crippen LogP contribution in [0.1, 0.15) is 11.3 Å². The topological polar surface area (TPSA) is 33.1 Å². The number of aryl methyl sites for hydroxylation is 2. The van der Waals surface area contributed by atoms with E-state index in [0.717, 1.165) is 17.9 Å². The summed E-state index contributed by atoms with van der Waals surface area (Å²) in [6, 6.07) is 10.2. The molecule has 0 saturated heterocycles. The highest BCUT2D eigenvalue weighted by Crippen LogP contribution is 2.10. The van der Waals surface area contributed by atoms with Crippen LogP contribution in [0, 0.1) is 6.92 Å². The fraction of sp³-hybridized carbons (Fsp3) is 0.286. The smallest absolute Gasteiger partial charge is 0.173 e. The van der Waals surface area contributed by atoms with Crippen LogP contribution in [-0.2, 0) is 13.6 Å². The van der Waals surface area contributed by atoms with Crippen LogP contribution in [0.4, 0.5) is 5.69 Å². The SMILES string of the molecule is Cc1ccc(NC(=S)N(C)Cc2ccnn2C)cc1. The van der Waals surface area contributed by atoms with Crippen molar-refractivity contribution in [1.82, 2.24) is 14.7 Å². The molecule has 0 saturated carbocycles. The van der Waals surface area contributed by atoms with Gasteiger partial charge in [0.15, 0.2) is 5.11 Å². The number of hydrogen-bond acceptors (Lipinski definition) is 2. The summed E-state index contributed by atoms with van der Waals surface area (Å²) < 4.78 is 1.85. The minimum absolute atomic E-state index is 0.699. The summed E-state index contributed by atoms with van der Waals surface area (Å²) in [7, 11) is 3.90. The largest absolute Gasteiger partial charge is 0.346 e. The third-order valence-electron chi connectivity index (χ3n) is 2.97. The fourth-order valence-corrected chi connectivity index (χ4v) is 1.91. The van der Waals surface area contributed by atoms with Crippen molar-refractivity contribution in [3.63, 3.8) is 0 Å². The minimum Gasteiger partial charge on any atom is -0.346 e. The van der Waals surface area contributed by atoms with Crippen LogP contribution in [0.25, 0.3) is 0 Å². The second kappa shape index (κ2) is 5.84. The lowest BCUT2D eigenvalue weighted by Gasteiger charge is -2.21. The van der Waals surface area contributed by atoms with Gasteiger partial charge in [0.1, 0.15) is 0 Å². The van der Waals surface area contributed by atoms with E-state index < -0.39 is 0 Å². The number of thiocarbonyl (C=S) groups is 1. The number of benzene rings is 1. The number of nitrogens with one attached hydrogen (secondary N) is 1. The summed E-state index contributed by atoms with van der Waals surface area (Å²) in [5.74, 6) is 0. The van der Waals surface area contributed by atoms with E-state index in [0.29, 0.717) is 5.11 Å². The van der Waals surface area contributed by atoms with Crippen LogP contribution in [0.5, 0.6) is 0 Å². The van der Waals surface area contributed by atoms with Gasteiger partial charge in [-0.3, -0.25) is 4.68 Å². The molecule has 1 aromatic heterocycles. The van der Waals surface area contributed by atoms with Crippen LogP contribution >= 0.6 is 12.2 Å². The van der Waals surface area contributed by atoms with E-state index in [-0.39, 0.29) is 0 Å². The average Bonchev–Trinajstić information content (AvgIpc) is 2.78. The van der Waals surface area contributed by atoms with Crippen molar-refractivity contribution >= 4 is 23.0 Å². The molecule has 0 bridgehead atoms. The molecule has 0 fully saturated rings. The highest BCUT2D eigenvalue weighted by atomic mass is 32.1. The highest BCUT2D eigenvalue weighted by Gasteiger charge is 2.07. The Morgan fingerprint density at radius 1 is 1.32 bits per heavy atom. The lowest BCUT2D eigenvalue weighted by Crippen LogP contribution is -2.31. The van der Waals surface area contributed by atoms with Gasteiger partial charge in [-0.1, -0.05) is 17.7 Å². The molecule has 0 atom stereocenters. The summed E-state index contributed by atoms with van der Waals surface area (Å²) in [5, 5.41) is 8.08. The molecule has 0 amide bonds. The first kappa shape index (κ1) is 13.5. The first-order valence-corrected chi connectivity index (χ1v) is 6.53. The Labute approximate surface area is 119 Å². The van der Waals surface area contributed by atoms with Gasteiger partial charge in [-0.2, -0.15) is 5.10 Å². The molecule has 0 aliphatic carbocycles. The van der Waals surface area contributed by atoms with Gasteiger partial charge in [0.25, 0.3) is 0 Å². The second-order valence-electron chi connectivity index (χ2n) is 4.60. The maximum atomic E-state index is 5.39. The lowest BCUT2D eigenvalue weighted by atomic mass is 10.2. The summed E-state index contributed by atoms with van der Waals surface area (Å²) in [6.45, 7) is 2.80.